The van der Waals surface area contributed by atoms with Crippen LogP contribution in [0.3, 0.4) is 0 Å². The molecule has 0 amide bonds. The second-order valence-corrected chi connectivity index (χ2v) is 2.46. The van der Waals surface area contributed by atoms with Crippen LogP contribution in [0.5, 0.6) is 0 Å². The Hall–Kier alpha value is -0.410. The van der Waals surface area contributed by atoms with Crippen molar-refractivity contribution in [2.45, 2.75) is 31.9 Å². The smallest absolute Gasteiger partial charge is 0.187 e. The lowest BCUT2D eigenvalue weighted by molar-refractivity contribution is 0.0592. The summed E-state index contributed by atoms with van der Waals surface area (Å²) in [5.41, 5.74) is 0. The van der Waals surface area contributed by atoms with Gasteiger partial charge in [0.25, 0.3) is 0 Å². The van der Waals surface area contributed by atoms with Crippen LogP contribution in [0.4, 0.5) is 4.39 Å². The summed E-state index contributed by atoms with van der Waals surface area (Å²) in [6.07, 6.45) is 0.274. The Kier molecular flexibility index (Phi) is 3.02. The molecule has 1 heterocycles. The van der Waals surface area contributed by atoms with Crippen LogP contribution in [0.25, 0.3) is 0 Å². The van der Waals surface area contributed by atoms with E-state index in [1.54, 1.807) is 6.08 Å². The minimum Gasteiger partial charge on any atom is -0.350 e. The highest BCUT2D eigenvalue weighted by Crippen LogP contribution is 2.29. The number of halogens is 1. The Morgan fingerprint density at radius 2 is 2.55 bits per heavy atom. The van der Waals surface area contributed by atoms with Crippen LogP contribution in [-0.4, -0.2) is 25.2 Å². The van der Waals surface area contributed by atoms with Crippen LogP contribution in [-0.2, 0) is 9.47 Å². The molecule has 0 radical (unpaired) electrons. The zero-order chi connectivity index (χ0) is 8.27. The van der Waals surface area contributed by atoms with Crippen LogP contribution >= 0.6 is 0 Å². The Morgan fingerprint density at radius 3 is 3.09 bits per heavy atom. The standard InChI is InChI=1S/C8H13FO2/c1-3-5-6(9)7-8(11-7)10-4-2/h3,6-8H,1,4-5H2,2H3/t6?,7-,8+/m0/s1. The lowest BCUT2D eigenvalue weighted by Gasteiger charge is -1.98. The van der Waals surface area contributed by atoms with Crippen LogP contribution < -0.4 is 0 Å². The van der Waals surface area contributed by atoms with Crippen molar-refractivity contribution >= 4 is 0 Å². The first-order chi connectivity index (χ1) is 5.29. The zero-order valence-corrected chi connectivity index (χ0v) is 6.63. The molecule has 11 heavy (non-hydrogen) atoms. The van der Waals surface area contributed by atoms with Crippen molar-refractivity contribution in [2.24, 2.45) is 0 Å². The normalized spacial score (nSPS) is 31.5. The molecule has 3 heteroatoms. The first kappa shape index (κ1) is 8.68. The molecule has 0 saturated carbocycles. The SMILES string of the molecule is C=CCC(F)[C@@H]1O[C@H]1OCC. The highest BCUT2D eigenvalue weighted by atomic mass is 19.1. The zero-order valence-electron chi connectivity index (χ0n) is 6.63. The topological polar surface area (TPSA) is 21.8 Å². The Bertz CT molecular complexity index is 138. The highest BCUT2D eigenvalue weighted by molar-refractivity contribution is 4.88. The molecule has 64 valence electrons. The van der Waals surface area contributed by atoms with Gasteiger partial charge in [0.2, 0.25) is 0 Å². The third-order valence-electron chi connectivity index (χ3n) is 1.56. The number of alkyl halides is 1. The van der Waals surface area contributed by atoms with Gasteiger partial charge in [-0.1, -0.05) is 6.08 Å². The molecule has 1 aliphatic rings. The summed E-state index contributed by atoms with van der Waals surface area (Å²) >= 11 is 0. The van der Waals surface area contributed by atoms with E-state index in [2.05, 4.69) is 6.58 Å². The Labute approximate surface area is 66.0 Å². The molecule has 0 bridgehead atoms. The van der Waals surface area contributed by atoms with E-state index in [0.29, 0.717) is 13.0 Å². The number of ether oxygens (including phenoxy) is 2. The Morgan fingerprint density at radius 1 is 1.82 bits per heavy atom. The van der Waals surface area contributed by atoms with Gasteiger partial charge in [0, 0.05) is 6.61 Å². The first-order valence-electron chi connectivity index (χ1n) is 3.81. The monoisotopic (exact) mass is 160 g/mol. The lowest BCUT2D eigenvalue weighted by atomic mass is 10.2. The predicted molar refractivity (Wildman–Crippen MR) is 40.0 cm³/mol. The van der Waals surface area contributed by atoms with Crippen LogP contribution in [0, 0.1) is 0 Å². The van der Waals surface area contributed by atoms with E-state index in [1.807, 2.05) is 6.92 Å². The van der Waals surface area contributed by atoms with Gasteiger partial charge in [-0.05, 0) is 13.3 Å². The molecular formula is C8H13FO2. The largest absolute Gasteiger partial charge is 0.350 e. The minimum atomic E-state index is -0.955. The third-order valence-corrected chi connectivity index (χ3v) is 1.56. The molecule has 0 aromatic heterocycles. The van der Waals surface area contributed by atoms with Gasteiger partial charge < -0.3 is 9.47 Å². The molecule has 2 nitrogen and oxygen atoms in total. The summed E-state index contributed by atoms with van der Waals surface area (Å²) in [4.78, 5) is 0. The maximum Gasteiger partial charge on any atom is 0.187 e. The van der Waals surface area contributed by atoms with Crippen molar-refractivity contribution in [1.82, 2.24) is 0 Å². The van der Waals surface area contributed by atoms with Crippen molar-refractivity contribution in [3.8, 4) is 0 Å². The number of epoxide rings is 1. The third kappa shape index (κ3) is 2.27. The maximum atomic E-state index is 12.9. The van der Waals surface area contributed by atoms with Crippen molar-refractivity contribution in [3.63, 3.8) is 0 Å². The van der Waals surface area contributed by atoms with E-state index in [1.165, 1.54) is 0 Å². The average molecular weight is 160 g/mol. The fraction of sp³-hybridized carbons (Fsp3) is 0.750. The summed E-state index contributed by atoms with van der Waals surface area (Å²) < 4.78 is 22.8. The second-order valence-electron chi connectivity index (χ2n) is 2.46. The molecule has 1 fully saturated rings. The van der Waals surface area contributed by atoms with Gasteiger partial charge in [-0.15, -0.1) is 6.58 Å². The first-order valence-corrected chi connectivity index (χ1v) is 3.81. The molecule has 0 N–H and O–H groups in total. The summed E-state index contributed by atoms with van der Waals surface area (Å²) in [5, 5.41) is 0. The molecule has 1 unspecified atom stereocenters. The molecule has 3 atom stereocenters. The summed E-state index contributed by atoms with van der Waals surface area (Å²) in [5.74, 6) is 0. The van der Waals surface area contributed by atoms with Gasteiger partial charge in [-0.2, -0.15) is 0 Å². The molecule has 1 rings (SSSR count). The van der Waals surface area contributed by atoms with Crippen molar-refractivity contribution in [1.29, 1.82) is 0 Å². The molecule has 1 aliphatic heterocycles. The maximum absolute atomic E-state index is 12.9. The van der Waals surface area contributed by atoms with E-state index < -0.39 is 6.17 Å². The van der Waals surface area contributed by atoms with E-state index in [9.17, 15) is 4.39 Å². The summed E-state index contributed by atoms with van der Waals surface area (Å²) in [6.45, 7) is 5.88. The van der Waals surface area contributed by atoms with E-state index in [4.69, 9.17) is 9.47 Å². The summed E-state index contributed by atoms with van der Waals surface area (Å²) in [6, 6.07) is 0. The highest BCUT2D eigenvalue weighted by Gasteiger charge is 2.45. The minimum absolute atomic E-state index is 0.310. The molecular weight excluding hydrogens is 147 g/mol. The predicted octanol–water partition coefficient (Wildman–Crippen LogP) is 1.66. The van der Waals surface area contributed by atoms with E-state index >= 15 is 0 Å². The number of hydrogen-bond acceptors (Lipinski definition) is 2. The molecule has 1 saturated heterocycles. The van der Waals surface area contributed by atoms with Gasteiger partial charge in [0.15, 0.2) is 6.29 Å². The van der Waals surface area contributed by atoms with Crippen molar-refractivity contribution in [3.05, 3.63) is 12.7 Å². The van der Waals surface area contributed by atoms with Crippen LogP contribution in [0.1, 0.15) is 13.3 Å². The van der Waals surface area contributed by atoms with Gasteiger partial charge in [0.05, 0.1) is 0 Å². The quantitative estimate of drug-likeness (QED) is 0.450. The molecule has 0 aromatic carbocycles. The van der Waals surface area contributed by atoms with Crippen molar-refractivity contribution in [2.75, 3.05) is 6.61 Å². The van der Waals surface area contributed by atoms with Crippen LogP contribution in [0.2, 0.25) is 0 Å². The second kappa shape index (κ2) is 3.83. The molecule has 0 aromatic rings. The van der Waals surface area contributed by atoms with Crippen molar-refractivity contribution < 1.29 is 13.9 Å². The molecule has 0 aliphatic carbocycles. The summed E-state index contributed by atoms with van der Waals surface area (Å²) in [7, 11) is 0. The van der Waals surface area contributed by atoms with Gasteiger partial charge >= 0.3 is 0 Å². The fourth-order valence-corrected chi connectivity index (χ4v) is 0.957. The number of allylic oxidation sites excluding steroid dienone is 1. The average Bonchev–Trinajstić information content (AvgIpc) is 2.69. The number of hydrogen-bond donors (Lipinski definition) is 0. The van der Waals surface area contributed by atoms with Gasteiger partial charge in [0.1, 0.15) is 12.3 Å². The van der Waals surface area contributed by atoms with Gasteiger partial charge in [-0.25, -0.2) is 4.39 Å². The lowest BCUT2D eigenvalue weighted by Crippen LogP contribution is -2.12. The molecule has 0 spiro atoms. The van der Waals surface area contributed by atoms with Gasteiger partial charge in [-0.3, -0.25) is 0 Å². The Balaban J connectivity index is 2.14. The number of rotatable bonds is 5. The van der Waals surface area contributed by atoms with E-state index in [0.717, 1.165) is 0 Å². The van der Waals surface area contributed by atoms with E-state index in [-0.39, 0.29) is 12.4 Å². The fourth-order valence-electron chi connectivity index (χ4n) is 0.957. The van der Waals surface area contributed by atoms with Crippen LogP contribution in [0.15, 0.2) is 12.7 Å².